The van der Waals surface area contributed by atoms with Crippen LogP contribution < -0.4 is 5.73 Å². The van der Waals surface area contributed by atoms with Gasteiger partial charge in [-0.2, -0.15) is 0 Å². The summed E-state index contributed by atoms with van der Waals surface area (Å²) in [5.41, 5.74) is 6.67. The van der Waals surface area contributed by atoms with Crippen LogP contribution >= 0.6 is 0 Å². The highest BCUT2D eigenvalue weighted by Gasteiger charge is 2.57. The zero-order valence-corrected chi connectivity index (χ0v) is 11.0. The van der Waals surface area contributed by atoms with E-state index in [1.807, 2.05) is 0 Å². The summed E-state index contributed by atoms with van der Waals surface area (Å²) >= 11 is 0. The first-order valence-corrected chi connectivity index (χ1v) is 8.00. The van der Waals surface area contributed by atoms with Crippen molar-refractivity contribution in [3.05, 3.63) is 0 Å². The predicted molar refractivity (Wildman–Crippen MR) is 70.5 cm³/mol. The van der Waals surface area contributed by atoms with Crippen LogP contribution in [0.5, 0.6) is 0 Å². The van der Waals surface area contributed by atoms with Gasteiger partial charge in [0.2, 0.25) is 0 Å². The molecular weight excluding hydrogens is 206 g/mol. The van der Waals surface area contributed by atoms with Gasteiger partial charge in [0, 0.05) is 0 Å². The molecule has 0 atom stereocenters. The number of hydrogen-bond acceptors (Lipinski definition) is 1. The van der Waals surface area contributed by atoms with E-state index in [4.69, 9.17) is 5.73 Å². The van der Waals surface area contributed by atoms with Crippen molar-refractivity contribution in [3.63, 3.8) is 0 Å². The molecule has 0 unspecified atom stereocenters. The minimum atomic E-state index is 0.805. The SMILES string of the molecule is NCC1CCC2(CC1)C1CC3CC(C1)CC2C3. The van der Waals surface area contributed by atoms with E-state index in [1.165, 1.54) is 25.7 Å². The highest BCUT2D eigenvalue weighted by Crippen LogP contribution is 2.66. The van der Waals surface area contributed by atoms with Crippen LogP contribution in [0.1, 0.15) is 57.8 Å². The van der Waals surface area contributed by atoms with E-state index in [-0.39, 0.29) is 0 Å². The minimum Gasteiger partial charge on any atom is -0.330 e. The van der Waals surface area contributed by atoms with Gasteiger partial charge in [0.25, 0.3) is 0 Å². The van der Waals surface area contributed by atoms with E-state index in [0.717, 1.165) is 41.5 Å². The Morgan fingerprint density at radius 2 is 1.35 bits per heavy atom. The van der Waals surface area contributed by atoms with Crippen molar-refractivity contribution in [2.45, 2.75) is 57.8 Å². The topological polar surface area (TPSA) is 26.0 Å². The molecule has 4 bridgehead atoms. The lowest BCUT2D eigenvalue weighted by Crippen LogP contribution is -2.54. The average molecular weight is 233 g/mol. The lowest BCUT2D eigenvalue weighted by atomic mass is 9.42. The Kier molecular flexibility index (Phi) is 2.38. The van der Waals surface area contributed by atoms with Gasteiger partial charge in [0.1, 0.15) is 0 Å². The summed E-state index contributed by atoms with van der Waals surface area (Å²) in [4.78, 5) is 0. The van der Waals surface area contributed by atoms with E-state index in [1.54, 1.807) is 32.1 Å². The van der Waals surface area contributed by atoms with Gasteiger partial charge in [-0.3, -0.25) is 0 Å². The molecule has 5 aliphatic rings. The molecule has 5 saturated carbocycles. The monoisotopic (exact) mass is 233 g/mol. The van der Waals surface area contributed by atoms with Crippen LogP contribution in [0.3, 0.4) is 0 Å². The summed E-state index contributed by atoms with van der Waals surface area (Å²) in [5.74, 6) is 5.37. The Labute approximate surface area is 106 Å². The molecule has 0 aromatic carbocycles. The molecule has 0 amide bonds. The number of nitrogens with two attached hydrogens (primary N) is 1. The molecule has 1 spiro atoms. The molecule has 1 nitrogen and oxygen atoms in total. The van der Waals surface area contributed by atoms with E-state index in [2.05, 4.69) is 0 Å². The summed E-state index contributed by atoms with van der Waals surface area (Å²) in [6.45, 7) is 0.941. The first-order valence-electron chi connectivity index (χ1n) is 8.00. The third kappa shape index (κ3) is 1.47. The molecule has 2 N–H and O–H groups in total. The van der Waals surface area contributed by atoms with Crippen molar-refractivity contribution >= 4 is 0 Å². The highest BCUT2D eigenvalue weighted by molar-refractivity contribution is 5.07. The predicted octanol–water partition coefficient (Wildman–Crippen LogP) is 3.58. The van der Waals surface area contributed by atoms with Crippen LogP contribution in [-0.4, -0.2) is 6.54 Å². The Morgan fingerprint density at radius 3 is 1.82 bits per heavy atom. The maximum absolute atomic E-state index is 5.87. The summed E-state index contributed by atoms with van der Waals surface area (Å²) < 4.78 is 0. The molecule has 5 aliphatic carbocycles. The van der Waals surface area contributed by atoms with Crippen LogP contribution in [0.2, 0.25) is 0 Å². The van der Waals surface area contributed by atoms with E-state index >= 15 is 0 Å². The smallest absolute Gasteiger partial charge is 0.00489 e. The van der Waals surface area contributed by atoms with Crippen LogP contribution in [0.4, 0.5) is 0 Å². The van der Waals surface area contributed by atoms with E-state index in [0.29, 0.717) is 0 Å². The van der Waals surface area contributed by atoms with Crippen LogP contribution in [-0.2, 0) is 0 Å². The molecule has 0 aromatic rings. The first kappa shape index (κ1) is 10.8. The van der Waals surface area contributed by atoms with Crippen molar-refractivity contribution < 1.29 is 0 Å². The molecule has 0 saturated heterocycles. The fourth-order valence-corrected chi connectivity index (χ4v) is 6.39. The Balaban J connectivity index is 1.58. The zero-order chi connectivity index (χ0) is 11.5. The Morgan fingerprint density at radius 1 is 0.824 bits per heavy atom. The van der Waals surface area contributed by atoms with Gasteiger partial charge >= 0.3 is 0 Å². The molecule has 5 fully saturated rings. The third-order valence-corrected chi connectivity index (χ3v) is 7.13. The maximum Gasteiger partial charge on any atom is -0.00489 e. The molecule has 0 aliphatic heterocycles. The maximum atomic E-state index is 5.87. The standard InChI is InChI=1S/C16H27N/c17-10-11-1-3-16(4-2-11)14-6-12-5-13(8-14)9-15(16)7-12/h11-15H,1-10,17H2. The third-order valence-electron chi connectivity index (χ3n) is 7.13. The van der Waals surface area contributed by atoms with Gasteiger partial charge < -0.3 is 5.73 Å². The van der Waals surface area contributed by atoms with Gasteiger partial charge in [0.15, 0.2) is 0 Å². The second kappa shape index (κ2) is 3.73. The summed E-state index contributed by atoms with van der Waals surface area (Å²) in [7, 11) is 0. The van der Waals surface area contributed by atoms with Gasteiger partial charge in [0.05, 0.1) is 0 Å². The second-order valence-corrected chi connectivity index (χ2v) is 7.72. The highest BCUT2D eigenvalue weighted by atomic mass is 14.6. The molecule has 96 valence electrons. The van der Waals surface area contributed by atoms with Crippen molar-refractivity contribution in [1.29, 1.82) is 0 Å². The number of hydrogen-bond donors (Lipinski definition) is 1. The summed E-state index contributed by atoms with van der Waals surface area (Å²) in [5, 5.41) is 0. The lowest BCUT2D eigenvalue weighted by Gasteiger charge is -2.63. The molecule has 0 heterocycles. The van der Waals surface area contributed by atoms with Gasteiger partial charge in [-0.05, 0) is 99.3 Å². The van der Waals surface area contributed by atoms with Crippen molar-refractivity contribution in [3.8, 4) is 0 Å². The Hall–Kier alpha value is -0.0400. The Bertz CT molecular complexity index is 271. The van der Waals surface area contributed by atoms with Gasteiger partial charge in [-0.25, -0.2) is 0 Å². The fourth-order valence-electron chi connectivity index (χ4n) is 6.39. The van der Waals surface area contributed by atoms with Crippen LogP contribution in [0, 0.1) is 35.0 Å². The van der Waals surface area contributed by atoms with Gasteiger partial charge in [-0.1, -0.05) is 0 Å². The summed E-state index contributed by atoms with van der Waals surface area (Å²) in [6, 6.07) is 0. The van der Waals surface area contributed by atoms with E-state index < -0.39 is 0 Å². The zero-order valence-electron chi connectivity index (χ0n) is 11.0. The fraction of sp³-hybridized carbons (Fsp3) is 1.00. The van der Waals surface area contributed by atoms with Crippen LogP contribution in [0.15, 0.2) is 0 Å². The molecule has 17 heavy (non-hydrogen) atoms. The lowest BCUT2D eigenvalue weighted by molar-refractivity contribution is -0.131. The molecule has 5 rings (SSSR count). The molecule has 0 radical (unpaired) electrons. The second-order valence-electron chi connectivity index (χ2n) is 7.72. The van der Waals surface area contributed by atoms with Gasteiger partial charge in [-0.15, -0.1) is 0 Å². The molecule has 1 heteroatoms. The quantitative estimate of drug-likeness (QED) is 0.736. The molecule has 0 aromatic heterocycles. The van der Waals surface area contributed by atoms with Crippen molar-refractivity contribution in [2.75, 3.05) is 6.54 Å². The van der Waals surface area contributed by atoms with Crippen molar-refractivity contribution in [2.24, 2.45) is 40.7 Å². The molecular formula is C16H27N. The van der Waals surface area contributed by atoms with E-state index in [9.17, 15) is 0 Å². The largest absolute Gasteiger partial charge is 0.330 e. The van der Waals surface area contributed by atoms with Crippen molar-refractivity contribution in [1.82, 2.24) is 0 Å². The number of rotatable bonds is 1. The minimum absolute atomic E-state index is 0.805. The van der Waals surface area contributed by atoms with Crippen LogP contribution in [0.25, 0.3) is 0 Å². The average Bonchev–Trinajstić information content (AvgIpc) is 2.36. The normalized spacial score (nSPS) is 56.6. The first-order chi connectivity index (χ1) is 8.30. The summed E-state index contributed by atoms with van der Waals surface area (Å²) in [6.07, 6.45) is 13.9.